The normalized spacial score (nSPS) is 26.4. The van der Waals surface area contributed by atoms with Crippen LogP contribution in [0.15, 0.2) is 11.6 Å². The average Bonchev–Trinajstić information content (AvgIpc) is 3.03. The molecule has 0 aromatic carbocycles. The first kappa shape index (κ1) is 13.1. The molecule has 1 N–H and O–H groups in total. The van der Waals surface area contributed by atoms with Crippen molar-refractivity contribution in [2.75, 3.05) is 25.0 Å². The van der Waals surface area contributed by atoms with Gasteiger partial charge in [-0.2, -0.15) is 0 Å². The van der Waals surface area contributed by atoms with Gasteiger partial charge in [-0.25, -0.2) is 9.78 Å². The smallest absolute Gasteiger partial charge is 0.356 e. The summed E-state index contributed by atoms with van der Waals surface area (Å²) in [7, 11) is 2.19. The van der Waals surface area contributed by atoms with Crippen LogP contribution < -0.4 is 4.90 Å². The summed E-state index contributed by atoms with van der Waals surface area (Å²) in [5.74, 6) is -0.269. The summed E-state index contributed by atoms with van der Waals surface area (Å²) in [4.78, 5) is 21.6. The summed E-state index contributed by atoms with van der Waals surface area (Å²) < 4.78 is 1.69. The van der Waals surface area contributed by atoms with E-state index in [9.17, 15) is 9.90 Å². The standard InChI is InChI=1S/C14H18N4O2S/c1-16-9-2-3-10(16)8-17(5-4-9)12-11(13(19)20)18-6-7-21-14(18)15-12/h6-7,9-10H,2-5,8H2,1H3,(H,19,20). The predicted octanol–water partition coefficient (Wildman–Crippen LogP) is 1.77. The number of nitrogens with zero attached hydrogens (tertiary/aromatic N) is 4. The van der Waals surface area contributed by atoms with Crippen LogP contribution in [-0.2, 0) is 0 Å². The number of likely N-dealkylation sites (N-methyl/N-ethyl adjacent to an activating group) is 1. The van der Waals surface area contributed by atoms with E-state index < -0.39 is 5.97 Å². The quantitative estimate of drug-likeness (QED) is 0.916. The van der Waals surface area contributed by atoms with Crippen molar-refractivity contribution in [1.82, 2.24) is 14.3 Å². The van der Waals surface area contributed by atoms with Crippen LogP contribution in [0.4, 0.5) is 5.82 Å². The summed E-state index contributed by atoms with van der Waals surface area (Å²) in [6.07, 6.45) is 5.33. The summed E-state index contributed by atoms with van der Waals surface area (Å²) in [6.45, 7) is 1.76. The van der Waals surface area contributed by atoms with Crippen molar-refractivity contribution in [2.45, 2.75) is 31.3 Å². The lowest BCUT2D eigenvalue weighted by Crippen LogP contribution is -2.37. The molecule has 2 aromatic rings. The Morgan fingerprint density at radius 3 is 3.00 bits per heavy atom. The van der Waals surface area contributed by atoms with E-state index >= 15 is 0 Å². The summed E-state index contributed by atoms with van der Waals surface area (Å²) in [6, 6.07) is 1.15. The highest BCUT2D eigenvalue weighted by Crippen LogP contribution is 2.32. The minimum atomic E-state index is -0.904. The molecule has 7 heteroatoms. The molecule has 2 fully saturated rings. The Kier molecular flexibility index (Phi) is 2.93. The van der Waals surface area contributed by atoms with Crippen LogP contribution in [0.2, 0.25) is 0 Å². The van der Waals surface area contributed by atoms with E-state index in [1.807, 2.05) is 5.38 Å². The Balaban J connectivity index is 1.74. The molecule has 0 radical (unpaired) electrons. The van der Waals surface area contributed by atoms with E-state index in [-0.39, 0.29) is 0 Å². The number of hydrogen-bond acceptors (Lipinski definition) is 5. The molecule has 4 rings (SSSR count). The Morgan fingerprint density at radius 2 is 2.19 bits per heavy atom. The Labute approximate surface area is 126 Å². The van der Waals surface area contributed by atoms with Crippen molar-refractivity contribution in [2.24, 2.45) is 0 Å². The molecule has 112 valence electrons. The first-order chi connectivity index (χ1) is 10.1. The number of carbonyl (C=O) groups is 1. The minimum Gasteiger partial charge on any atom is -0.476 e. The van der Waals surface area contributed by atoms with E-state index in [1.54, 1.807) is 10.6 Å². The second-order valence-corrected chi connectivity index (χ2v) is 6.80. The lowest BCUT2D eigenvalue weighted by atomic mass is 10.1. The van der Waals surface area contributed by atoms with Crippen LogP contribution in [0.5, 0.6) is 0 Å². The monoisotopic (exact) mass is 306 g/mol. The van der Waals surface area contributed by atoms with Crippen LogP contribution in [0, 0.1) is 0 Å². The van der Waals surface area contributed by atoms with Gasteiger partial charge < -0.3 is 10.0 Å². The number of anilines is 1. The third-order valence-electron chi connectivity index (χ3n) is 4.89. The summed E-state index contributed by atoms with van der Waals surface area (Å²) in [5.41, 5.74) is 0.298. The van der Waals surface area contributed by atoms with Gasteiger partial charge in [0.05, 0.1) is 0 Å². The first-order valence-electron chi connectivity index (χ1n) is 7.31. The molecule has 2 saturated heterocycles. The first-order valence-corrected chi connectivity index (χ1v) is 8.19. The molecule has 0 saturated carbocycles. The minimum absolute atomic E-state index is 0.298. The molecule has 4 heterocycles. The highest BCUT2D eigenvalue weighted by atomic mass is 32.1. The number of aromatic nitrogens is 2. The maximum atomic E-state index is 11.7. The van der Waals surface area contributed by atoms with Gasteiger partial charge in [0.15, 0.2) is 16.5 Å². The Morgan fingerprint density at radius 1 is 1.38 bits per heavy atom. The molecule has 2 aliphatic heterocycles. The van der Waals surface area contributed by atoms with E-state index in [0.717, 1.165) is 24.5 Å². The summed E-state index contributed by atoms with van der Waals surface area (Å²) in [5, 5.41) is 11.4. The average molecular weight is 306 g/mol. The van der Waals surface area contributed by atoms with Crippen LogP contribution in [0.25, 0.3) is 4.96 Å². The van der Waals surface area contributed by atoms with Gasteiger partial charge in [-0.15, -0.1) is 11.3 Å². The molecule has 2 aliphatic rings. The summed E-state index contributed by atoms with van der Waals surface area (Å²) >= 11 is 1.48. The van der Waals surface area contributed by atoms with Crippen molar-refractivity contribution in [3.05, 3.63) is 17.3 Å². The van der Waals surface area contributed by atoms with Crippen molar-refractivity contribution in [1.29, 1.82) is 0 Å². The number of rotatable bonds is 2. The van der Waals surface area contributed by atoms with Gasteiger partial charge in [-0.3, -0.25) is 9.30 Å². The lowest BCUT2D eigenvalue weighted by molar-refractivity contribution is 0.0690. The number of hydrogen-bond donors (Lipinski definition) is 1. The zero-order chi connectivity index (χ0) is 14.6. The SMILES string of the molecule is CN1C2CCC1CN(c1nc3sccn3c1C(=O)O)CC2. The van der Waals surface area contributed by atoms with Gasteiger partial charge >= 0.3 is 5.97 Å². The van der Waals surface area contributed by atoms with Crippen LogP contribution in [0.1, 0.15) is 29.8 Å². The number of imidazole rings is 1. The molecular formula is C14H18N4O2S. The number of thiazole rings is 1. The second kappa shape index (κ2) is 4.71. The van der Waals surface area contributed by atoms with E-state index in [2.05, 4.69) is 21.8 Å². The van der Waals surface area contributed by atoms with Crippen molar-refractivity contribution in [3.8, 4) is 0 Å². The number of aromatic carboxylic acids is 1. The maximum Gasteiger partial charge on any atom is 0.356 e. The van der Waals surface area contributed by atoms with Crippen LogP contribution >= 0.6 is 11.3 Å². The highest BCUT2D eigenvalue weighted by Gasteiger charge is 2.36. The highest BCUT2D eigenvalue weighted by molar-refractivity contribution is 7.15. The van der Waals surface area contributed by atoms with Crippen LogP contribution in [-0.4, -0.2) is 57.6 Å². The molecule has 2 atom stereocenters. The largest absolute Gasteiger partial charge is 0.476 e. The van der Waals surface area contributed by atoms with Crippen molar-refractivity contribution in [3.63, 3.8) is 0 Å². The number of carboxylic acids is 1. The molecule has 2 aromatic heterocycles. The maximum absolute atomic E-state index is 11.7. The topological polar surface area (TPSA) is 61.1 Å². The lowest BCUT2D eigenvalue weighted by Gasteiger charge is -2.26. The zero-order valence-corrected chi connectivity index (χ0v) is 12.7. The van der Waals surface area contributed by atoms with Crippen molar-refractivity contribution >= 4 is 28.1 Å². The fourth-order valence-electron chi connectivity index (χ4n) is 3.69. The fourth-order valence-corrected chi connectivity index (χ4v) is 4.40. The van der Waals surface area contributed by atoms with Gasteiger partial charge in [0.1, 0.15) is 0 Å². The number of carboxylic acid groups (broad SMARTS) is 1. The van der Waals surface area contributed by atoms with E-state index in [1.165, 1.54) is 24.2 Å². The van der Waals surface area contributed by atoms with Crippen LogP contribution in [0.3, 0.4) is 0 Å². The third-order valence-corrected chi connectivity index (χ3v) is 5.65. The van der Waals surface area contributed by atoms with Gasteiger partial charge in [0, 0.05) is 36.8 Å². The molecular weight excluding hydrogens is 288 g/mol. The molecule has 0 spiro atoms. The molecule has 2 unspecified atom stereocenters. The van der Waals surface area contributed by atoms with E-state index in [0.29, 0.717) is 23.6 Å². The molecule has 6 nitrogen and oxygen atoms in total. The van der Waals surface area contributed by atoms with Crippen molar-refractivity contribution < 1.29 is 9.90 Å². The zero-order valence-electron chi connectivity index (χ0n) is 11.9. The molecule has 21 heavy (non-hydrogen) atoms. The Bertz CT molecular complexity index is 694. The Hall–Kier alpha value is -1.60. The third kappa shape index (κ3) is 1.95. The fraction of sp³-hybridized carbons (Fsp3) is 0.571. The van der Waals surface area contributed by atoms with Gasteiger partial charge in [-0.05, 0) is 26.3 Å². The molecule has 2 bridgehead atoms. The molecule has 0 aliphatic carbocycles. The number of fused-ring (bicyclic) bond motifs is 3. The van der Waals surface area contributed by atoms with E-state index in [4.69, 9.17) is 0 Å². The predicted molar refractivity (Wildman–Crippen MR) is 81.4 cm³/mol. The molecule has 0 amide bonds. The second-order valence-electron chi connectivity index (χ2n) is 5.93. The van der Waals surface area contributed by atoms with Gasteiger partial charge in [-0.1, -0.05) is 0 Å². The van der Waals surface area contributed by atoms with Gasteiger partial charge in [0.25, 0.3) is 0 Å². The van der Waals surface area contributed by atoms with Gasteiger partial charge in [0.2, 0.25) is 0 Å².